The smallest absolute Gasteiger partial charge is 0.132 e. The van der Waals surface area contributed by atoms with Crippen molar-refractivity contribution in [1.82, 2.24) is 0 Å². The van der Waals surface area contributed by atoms with Gasteiger partial charge in [0.15, 0.2) is 0 Å². The lowest BCUT2D eigenvalue weighted by Gasteiger charge is -2.21. The Kier molecular flexibility index (Phi) is 3.74. The summed E-state index contributed by atoms with van der Waals surface area (Å²) in [6.07, 6.45) is -0.0759. The number of hydrogen-bond donors (Lipinski definition) is 1. The van der Waals surface area contributed by atoms with Gasteiger partial charge in [0.1, 0.15) is 5.67 Å². The Morgan fingerprint density at radius 2 is 2.07 bits per heavy atom. The molecular weight excluding hydrogens is 215 g/mol. The highest BCUT2D eigenvalue weighted by atomic mass is 35.5. The van der Waals surface area contributed by atoms with E-state index >= 15 is 0 Å². The molecule has 1 aromatic carbocycles. The fourth-order valence-corrected chi connectivity index (χ4v) is 2.14. The molecule has 3 heteroatoms. The molecule has 0 aliphatic rings. The molecule has 0 aliphatic heterocycles. The summed E-state index contributed by atoms with van der Waals surface area (Å²) >= 11 is 5.98. The molecule has 1 atom stereocenters. The third kappa shape index (κ3) is 3.18. The molecule has 1 unspecified atom stereocenters. The monoisotopic (exact) mass is 230 g/mol. The summed E-state index contributed by atoms with van der Waals surface area (Å²) in [4.78, 5) is 0. The second-order valence-electron chi connectivity index (χ2n) is 4.30. The Labute approximate surface area is 94.9 Å². The fourth-order valence-electron chi connectivity index (χ4n) is 1.72. The minimum atomic E-state index is -1.48. The first-order valence-corrected chi connectivity index (χ1v) is 5.35. The van der Waals surface area contributed by atoms with Gasteiger partial charge in [-0.05, 0) is 38.8 Å². The molecule has 0 spiro atoms. The van der Waals surface area contributed by atoms with E-state index in [2.05, 4.69) is 0 Å². The summed E-state index contributed by atoms with van der Waals surface area (Å²) in [7, 11) is 0. The first-order valence-electron chi connectivity index (χ1n) is 4.97. The van der Waals surface area contributed by atoms with Gasteiger partial charge in [-0.3, -0.25) is 0 Å². The van der Waals surface area contributed by atoms with Crippen molar-refractivity contribution in [2.75, 3.05) is 0 Å². The number of aliphatic hydroxyl groups is 1. The fraction of sp³-hybridized carbons (Fsp3) is 0.500. The summed E-state index contributed by atoms with van der Waals surface area (Å²) < 4.78 is 13.9. The van der Waals surface area contributed by atoms with Crippen molar-refractivity contribution in [1.29, 1.82) is 0 Å². The van der Waals surface area contributed by atoms with E-state index < -0.39 is 11.8 Å². The van der Waals surface area contributed by atoms with Crippen molar-refractivity contribution in [3.63, 3.8) is 0 Å². The van der Waals surface area contributed by atoms with E-state index in [1.54, 1.807) is 25.1 Å². The van der Waals surface area contributed by atoms with Gasteiger partial charge in [-0.25, -0.2) is 4.39 Å². The summed E-state index contributed by atoms with van der Waals surface area (Å²) in [5.74, 6) is 0. The molecule has 1 rings (SSSR count). The minimum absolute atomic E-state index is 0.417. The first kappa shape index (κ1) is 12.5. The van der Waals surface area contributed by atoms with E-state index in [1.807, 2.05) is 0 Å². The second-order valence-corrected chi connectivity index (χ2v) is 4.71. The van der Waals surface area contributed by atoms with Crippen LogP contribution in [0.1, 0.15) is 31.9 Å². The van der Waals surface area contributed by atoms with Crippen molar-refractivity contribution >= 4 is 11.6 Å². The highest BCUT2D eigenvalue weighted by Crippen LogP contribution is 2.34. The van der Waals surface area contributed by atoms with Crippen LogP contribution in [-0.4, -0.2) is 11.2 Å². The van der Waals surface area contributed by atoms with Crippen LogP contribution in [0.2, 0.25) is 5.02 Å². The molecule has 0 aliphatic carbocycles. The van der Waals surface area contributed by atoms with E-state index in [0.717, 1.165) is 5.56 Å². The Bertz CT molecular complexity index is 342. The van der Waals surface area contributed by atoms with Gasteiger partial charge < -0.3 is 5.11 Å². The van der Waals surface area contributed by atoms with Crippen molar-refractivity contribution in [3.05, 3.63) is 34.3 Å². The van der Waals surface area contributed by atoms with Crippen LogP contribution in [0.25, 0.3) is 0 Å². The maximum atomic E-state index is 13.9. The van der Waals surface area contributed by atoms with Crippen LogP contribution in [-0.2, 0) is 12.1 Å². The number of alkyl halides is 1. The van der Waals surface area contributed by atoms with Gasteiger partial charge in [-0.1, -0.05) is 23.7 Å². The zero-order valence-electron chi connectivity index (χ0n) is 9.22. The maximum absolute atomic E-state index is 13.9. The summed E-state index contributed by atoms with van der Waals surface area (Å²) in [6, 6.07) is 5.24. The van der Waals surface area contributed by atoms with Crippen molar-refractivity contribution in [3.8, 4) is 0 Å². The molecule has 0 aromatic heterocycles. The highest BCUT2D eigenvalue weighted by Gasteiger charge is 2.25. The molecule has 0 amide bonds. The summed E-state index contributed by atoms with van der Waals surface area (Å²) in [5, 5.41) is 9.74. The molecule has 1 N–H and O–H groups in total. The van der Waals surface area contributed by atoms with Crippen LogP contribution in [0, 0.1) is 0 Å². The Balaban J connectivity index is 3.21. The number of halogens is 2. The SMILES string of the molecule is CC(O)Cc1cccc(Cl)c1C(C)(C)F. The van der Waals surface area contributed by atoms with Crippen LogP contribution in [0.15, 0.2) is 18.2 Å². The lowest BCUT2D eigenvalue weighted by Crippen LogP contribution is -2.16. The summed E-state index contributed by atoms with van der Waals surface area (Å²) in [5.41, 5.74) is -0.236. The van der Waals surface area contributed by atoms with Gasteiger partial charge in [0, 0.05) is 10.6 Å². The molecule has 0 saturated carbocycles. The summed E-state index contributed by atoms with van der Waals surface area (Å²) in [6.45, 7) is 4.62. The topological polar surface area (TPSA) is 20.2 Å². The molecule has 0 heterocycles. The van der Waals surface area contributed by atoms with Crippen molar-refractivity contribution in [2.24, 2.45) is 0 Å². The Morgan fingerprint density at radius 3 is 2.53 bits per heavy atom. The minimum Gasteiger partial charge on any atom is -0.393 e. The van der Waals surface area contributed by atoms with Crippen LogP contribution in [0.3, 0.4) is 0 Å². The van der Waals surface area contributed by atoms with Crippen LogP contribution in [0.4, 0.5) is 4.39 Å². The first-order chi connectivity index (χ1) is 6.82. The van der Waals surface area contributed by atoms with Gasteiger partial charge in [0.05, 0.1) is 6.10 Å². The standard InChI is InChI=1S/C12H16ClFO/c1-8(15)7-9-5-4-6-10(13)11(9)12(2,3)14/h4-6,8,15H,7H2,1-3H3. The van der Waals surface area contributed by atoms with E-state index in [4.69, 9.17) is 11.6 Å². The van der Waals surface area contributed by atoms with Gasteiger partial charge >= 0.3 is 0 Å². The molecule has 15 heavy (non-hydrogen) atoms. The number of benzene rings is 1. The molecule has 1 nitrogen and oxygen atoms in total. The quantitative estimate of drug-likeness (QED) is 0.843. The lowest BCUT2D eigenvalue weighted by molar-refractivity contribution is 0.189. The molecule has 0 saturated heterocycles. The van der Waals surface area contributed by atoms with Crippen molar-refractivity contribution in [2.45, 2.75) is 39.0 Å². The molecular formula is C12H16ClFO. The average Bonchev–Trinajstić information content (AvgIpc) is 1.99. The van der Waals surface area contributed by atoms with Crippen molar-refractivity contribution < 1.29 is 9.50 Å². The van der Waals surface area contributed by atoms with Gasteiger partial charge in [-0.2, -0.15) is 0 Å². The van der Waals surface area contributed by atoms with Gasteiger partial charge in [-0.15, -0.1) is 0 Å². The van der Waals surface area contributed by atoms with Crippen LogP contribution in [0.5, 0.6) is 0 Å². The third-order valence-electron chi connectivity index (χ3n) is 2.21. The predicted molar refractivity (Wildman–Crippen MR) is 61.0 cm³/mol. The van der Waals surface area contributed by atoms with Crippen LogP contribution >= 0.6 is 11.6 Å². The highest BCUT2D eigenvalue weighted by molar-refractivity contribution is 6.31. The van der Waals surface area contributed by atoms with Gasteiger partial charge in [0.25, 0.3) is 0 Å². The predicted octanol–water partition coefficient (Wildman–Crippen LogP) is 3.47. The van der Waals surface area contributed by atoms with E-state index in [1.165, 1.54) is 13.8 Å². The lowest BCUT2D eigenvalue weighted by atomic mass is 9.92. The molecule has 0 fully saturated rings. The van der Waals surface area contributed by atoms with Crippen LogP contribution < -0.4 is 0 Å². The van der Waals surface area contributed by atoms with E-state index in [9.17, 15) is 9.50 Å². The number of rotatable bonds is 3. The normalized spacial score (nSPS) is 14.0. The molecule has 0 bridgehead atoms. The largest absolute Gasteiger partial charge is 0.393 e. The van der Waals surface area contributed by atoms with E-state index in [-0.39, 0.29) is 0 Å². The Morgan fingerprint density at radius 1 is 1.47 bits per heavy atom. The number of hydrogen-bond acceptors (Lipinski definition) is 1. The zero-order valence-corrected chi connectivity index (χ0v) is 9.98. The van der Waals surface area contributed by atoms with Gasteiger partial charge in [0.2, 0.25) is 0 Å². The molecule has 84 valence electrons. The zero-order chi connectivity index (χ0) is 11.6. The molecule has 1 aromatic rings. The Hall–Kier alpha value is -0.600. The molecule has 0 radical (unpaired) electrons. The average molecular weight is 231 g/mol. The number of aliphatic hydroxyl groups excluding tert-OH is 1. The third-order valence-corrected chi connectivity index (χ3v) is 2.52. The maximum Gasteiger partial charge on any atom is 0.132 e. The van der Waals surface area contributed by atoms with E-state index in [0.29, 0.717) is 17.0 Å². The second kappa shape index (κ2) is 4.50.